The Kier molecular flexibility index (Phi) is 3.96. The van der Waals surface area contributed by atoms with E-state index in [-0.39, 0.29) is 5.82 Å². The van der Waals surface area contributed by atoms with E-state index in [1.54, 1.807) is 6.07 Å². The van der Waals surface area contributed by atoms with Gasteiger partial charge in [-0.2, -0.15) is 0 Å². The van der Waals surface area contributed by atoms with Gasteiger partial charge in [0, 0.05) is 4.47 Å². The van der Waals surface area contributed by atoms with Gasteiger partial charge in [-0.15, -0.1) is 0 Å². The largest absolute Gasteiger partial charge is 0.338 e. The van der Waals surface area contributed by atoms with Crippen molar-refractivity contribution < 1.29 is 4.39 Å². The lowest BCUT2D eigenvalue weighted by Crippen LogP contribution is -1.97. The molecule has 0 saturated carbocycles. The second-order valence-corrected chi connectivity index (χ2v) is 5.08. The molecule has 2 rings (SSSR count). The van der Waals surface area contributed by atoms with Crippen LogP contribution in [0.25, 0.3) is 0 Å². The van der Waals surface area contributed by atoms with Gasteiger partial charge in [0.15, 0.2) is 0 Å². The molecule has 0 aliphatic heterocycles. The third kappa shape index (κ3) is 2.94. The fourth-order valence-electron chi connectivity index (χ4n) is 1.15. The highest BCUT2D eigenvalue weighted by molar-refractivity contribution is 9.11. The van der Waals surface area contributed by atoms with E-state index in [1.165, 1.54) is 18.5 Å². The van der Waals surface area contributed by atoms with Crippen LogP contribution in [0.1, 0.15) is 0 Å². The lowest BCUT2D eigenvalue weighted by Gasteiger charge is -2.09. The summed E-state index contributed by atoms with van der Waals surface area (Å²) in [5, 5.41) is 3.32. The summed E-state index contributed by atoms with van der Waals surface area (Å²) in [5.74, 6) is 0.194. The second kappa shape index (κ2) is 5.29. The number of rotatable bonds is 2. The highest BCUT2D eigenvalue weighted by Crippen LogP contribution is 2.31. The molecular formula is C10H5Br2ClFN3. The highest BCUT2D eigenvalue weighted by atomic mass is 79.9. The van der Waals surface area contributed by atoms with Gasteiger partial charge in [-0.05, 0) is 50.1 Å². The summed E-state index contributed by atoms with van der Waals surface area (Å²) in [7, 11) is 0. The normalized spacial score (nSPS) is 10.4. The average molecular weight is 381 g/mol. The molecule has 17 heavy (non-hydrogen) atoms. The van der Waals surface area contributed by atoms with Crippen LogP contribution in [0.4, 0.5) is 15.9 Å². The summed E-state index contributed by atoms with van der Waals surface area (Å²) >= 11 is 12.4. The number of aromatic nitrogens is 2. The number of benzene rings is 1. The summed E-state index contributed by atoms with van der Waals surface area (Å²) in [6.07, 6.45) is 1.34. The first-order chi connectivity index (χ1) is 8.08. The van der Waals surface area contributed by atoms with Crippen LogP contribution in [0, 0.1) is 5.82 Å². The van der Waals surface area contributed by atoms with Gasteiger partial charge in [0.2, 0.25) is 0 Å². The Morgan fingerprint density at radius 2 is 2.00 bits per heavy atom. The van der Waals surface area contributed by atoms with Crippen LogP contribution in [0.15, 0.2) is 33.5 Å². The molecule has 0 aliphatic carbocycles. The lowest BCUT2D eigenvalue weighted by molar-refractivity contribution is 0.627. The minimum Gasteiger partial charge on any atom is -0.338 e. The van der Waals surface area contributed by atoms with Crippen molar-refractivity contribution in [2.45, 2.75) is 0 Å². The first-order valence-corrected chi connectivity index (χ1v) is 6.42. The van der Waals surface area contributed by atoms with Crippen molar-refractivity contribution in [1.82, 2.24) is 9.97 Å². The van der Waals surface area contributed by atoms with E-state index < -0.39 is 0 Å². The van der Waals surface area contributed by atoms with E-state index in [0.29, 0.717) is 25.6 Å². The molecule has 88 valence electrons. The molecule has 0 fully saturated rings. The Hall–Kier alpha value is -0.720. The summed E-state index contributed by atoms with van der Waals surface area (Å²) in [6, 6.07) is 4.31. The highest BCUT2D eigenvalue weighted by Gasteiger charge is 2.08. The number of halogens is 4. The van der Waals surface area contributed by atoms with Gasteiger partial charge < -0.3 is 5.32 Å². The molecule has 2 aromatic rings. The van der Waals surface area contributed by atoms with Crippen LogP contribution in [0.2, 0.25) is 5.15 Å². The Labute approximate surface area is 119 Å². The van der Waals surface area contributed by atoms with Crippen LogP contribution < -0.4 is 5.32 Å². The van der Waals surface area contributed by atoms with Crippen LogP contribution in [-0.2, 0) is 0 Å². The minimum atomic E-state index is -0.317. The van der Waals surface area contributed by atoms with Gasteiger partial charge in [-0.3, -0.25) is 0 Å². The molecule has 3 nitrogen and oxygen atoms in total. The molecular weight excluding hydrogens is 376 g/mol. The Morgan fingerprint density at radius 1 is 1.24 bits per heavy atom. The molecule has 1 N–H and O–H groups in total. The molecule has 0 spiro atoms. The van der Waals surface area contributed by atoms with Crippen LogP contribution in [0.5, 0.6) is 0 Å². The molecule has 0 unspecified atom stereocenters. The Balaban J connectivity index is 2.35. The molecule has 7 heteroatoms. The molecule has 0 bridgehead atoms. The number of anilines is 2. The summed E-state index contributed by atoms with van der Waals surface area (Å²) in [5.41, 5.74) is 0.682. The zero-order valence-corrected chi connectivity index (χ0v) is 12.1. The van der Waals surface area contributed by atoms with Gasteiger partial charge in [0.25, 0.3) is 0 Å². The second-order valence-electron chi connectivity index (χ2n) is 3.08. The van der Waals surface area contributed by atoms with E-state index in [9.17, 15) is 4.39 Å². The maximum atomic E-state index is 12.9. The topological polar surface area (TPSA) is 37.8 Å². The maximum absolute atomic E-state index is 12.9. The average Bonchev–Trinajstić information content (AvgIpc) is 2.28. The molecule has 0 saturated heterocycles. The molecule has 0 aliphatic rings. The monoisotopic (exact) mass is 379 g/mol. The van der Waals surface area contributed by atoms with E-state index >= 15 is 0 Å². The summed E-state index contributed by atoms with van der Waals surface area (Å²) in [6.45, 7) is 0. The standard InChI is InChI=1S/C10H5Br2ClFN3/c11-6-3-5(14)1-2-7(6)17-10-8(12)9(13)15-4-16-10/h1-4H,(H,15,16,17). The van der Waals surface area contributed by atoms with Crippen molar-refractivity contribution in [3.8, 4) is 0 Å². The first kappa shape index (κ1) is 12.7. The van der Waals surface area contributed by atoms with Gasteiger partial charge in [-0.1, -0.05) is 11.6 Å². The smallest absolute Gasteiger partial charge is 0.149 e. The summed E-state index contributed by atoms with van der Waals surface area (Å²) in [4.78, 5) is 7.84. The third-order valence-corrected chi connectivity index (χ3v) is 3.85. The van der Waals surface area contributed by atoms with E-state index in [4.69, 9.17) is 11.6 Å². The fourth-order valence-corrected chi connectivity index (χ4v) is 2.04. The van der Waals surface area contributed by atoms with Crippen LogP contribution in [-0.4, -0.2) is 9.97 Å². The van der Waals surface area contributed by atoms with Gasteiger partial charge >= 0.3 is 0 Å². The number of nitrogens with one attached hydrogen (secondary N) is 1. The van der Waals surface area contributed by atoms with Crippen molar-refractivity contribution in [2.75, 3.05) is 5.32 Å². The molecule has 1 aromatic heterocycles. The zero-order valence-electron chi connectivity index (χ0n) is 8.22. The van der Waals surface area contributed by atoms with Crippen molar-refractivity contribution in [3.63, 3.8) is 0 Å². The zero-order chi connectivity index (χ0) is 12.4. The number of hydrogen-bond donors (Lipinski definition) is 1. The van der Waals surface area contributed by atoms with Crippen LogP contribution in [0.3, 0.4) is 0 Å². The molecule has 0 atom stereocenters. The SMILES string of the molecule is Fc1ccc(Nc2ncnc(Cl)c2Br)c(Br)c1. The quantitative estimate of drug-likeness (QED) is 0.777. The number of nitrogens with zero attached hydrogens (tertiary/aromatic N) is 2. The fraction of sp³-hybridized carbons (Fsp3) is 0. The molecule has 1 aromatic carbocycles. The molecule has 0 radical (unpaired) electrons. The first-order valence-electron chi connectivity index (χ1n) is 4.46. The van der Waals surface area contributed by atoms with E-state index in [2.05, 4.69) is 47.1 Å². The van der Waals surface area contributed by atoms with E-state index in [1.807, 2.05) is 0 Å². The van der Waals surface area contributed by atoms with Crippen molar-refractivity contribution in [2.24, 2.45) is 0 Å². The summed E-state index contributed by atoms with van der Waals surface area (Å²) < 4.78 is 14.1. The van der Waals surface area contributed by atoms with Crippen molar-refractivity contribution in [3.05, 3.63) is 44.4 Å². The maximum Gasteiger partial charge on any atom is 0.149 e. The minimum absolute atomic E-state index is 0.306. The van der Waals surface area contributed by atoms with Gasteiger partial charge in [0.05, 0.1) is 10.2 Å². The van der Waals surface area contributed by atoms with Gasteiger partial charge in [-0.25, -0.2) is 14.4 Å². The third-order valence-electron chi connectivity index (χ3n) is 1.93. The number of hydrogen-bond acceptors (Lipinski definition) is 3. The molecule has 1 heterocycles. The lowest BCUT2D eigenvalue weighted by atomic mass is 10.3. The predicted octanol–water partition coefficient (Wildman–Crippen LogP) is 4.54. The van der Waals surface area contributed by atoms with Crippen molar-refractivity contribution >= 4 is 55.0 Å². The van der Waals surface area contributed by atoms with Crippen molar-refractivity contribution in [1.29, 1.82) is 0 Å². The predicted molar refractivity (Wildman–Crippen MR) is 72.1 cm³/mol. The Bertz CT molecular complexity index is 565. The molecule has 0 amide bonds. The Morgan fingerprint density at radius 3 is 2.71 bits per heavy atom. The van der Waals surface area contributed by atoms with Gasteiger partial charge in [0.1, 0.15) is 23.1 Å². The van der Waals surface area contributed by atoms with Crippen LogP contribution >= 0.6 is 43.5 Å². The van der Waals surface area contributed by atoms with E-state index in [0.717, 1.165) is 0 Å².